The molecule has 0 aromatic heterocycles. The molecular formula is C17H20F2N2O3. The van der Waals surface area contributed by atoms with Gasteiger partial charge in [0, 0.05) is 19.6 Å². The quantitative estimate of drug-likeness (QED) is 0.865. The predicted molar refractivity (Wildman–Crippen MR) is 82.7 cm³/mol. The Morgan fingerprint density at radius 2 is 1.92 bits per heavy atom. The molecule has 0 saturated carbocycles. The van der Waals surface area contributed by atoms with Gasteiger partial charge in [-0.2, -0.15) is 0 Å². The molecule has 1 atom stereocenters. The van der Waals surface area contributed by atoms with Crippen LogP contribution in [0.1, 0.15) is 35.2 Å². The van der Waals surface area contributed by atoms with E-state index in [1.807, 2.05) is 0 Å². The van der Waals surface area contributed by atoms with Gasteiger partial charge in [-0.05, 0) is 43.2 Å². The Morgan fingerprint density at radius 3 is 2.50 bits per heavy atom. The van der Waals surface area contributed by atoms with E-state index in [1.165, 1.54) is 24.0 Å². The molecule has 2 saturated heterocycles. The van der Waals surface area contributed by atoms with E-state index in [0.717, 1.165) is 0 Å². The van der Waals surface area contributed by atoms with Crippen LogP contribution in [0.25, 0.3) is 0 Å². The molecule has 1 aromatic carbocycles. The van der Waals surface area contributed by atoms with Gasteiger partial charge in [-0.25, -0.2) is 8.78 Å². The Hall–Kier alpha value is -2.02. The number of aryl methyl sites for hydroxylation is 1. The van der Waals surface area contributed by atoms with E-state index in [-0.39, 0.29) is 16.5 Å². The summed E-state index contributed by atoms with van der Waals surface area (Å²) in [6, 6.07) is 2.17. The van der Waals surface area contributed by atoms with E-state index in [9.17, 15) is 18.4 Å². The van der Waals surface area contributed by atoms with Gasteiger partial charge in [0.1, 0.15) is 6.04 Å². The highest BCUT2D eigenvalue weighted by molar-refractivity contribution is 5.94. The number of amides is 1. The second kappa shape index (κ2) is 6.12. The average Bonchev–Trinajstić information content (AvgIpc) is 2.97. The van der Waals surface area contributed by atoms with Crippen molar-refractivity contribution in [1.29, 1.82) is 0 Å². The third-order valence-electron chi connectivity index (χ3n) is 5.28. The Bertz CT molecular complexity index is 685. The largest absolute Gasteiger partial charge is 0.480 e. The number of aliphatic carboxylic acids is 1. The third kappa shape index (κ3) is 2.88. The monoisotopic (exact) mass is 338 g/mol. The summed E-state index contributed by atoms with van der Waals surface area (Å²) in [5, 5.41) is 12.1. The first-order valence-electron chi connectivity index (χ1n) is 8.03. The number of carbonyl (C=O) groups is 2. The number of benzene rings is 1. The topological polar surface area (TPSA) is 69.6 Å². The molecule has 2 fully saturated rings. The number of likely N-dealkylation sites (tertiary alicyclic amines) is 1. The van der Waals surface area contributed by atoms with Gasteiger partial charge in [-0.15, -0.1) is 0 Å². The van der Waals surface area contributed by atoms with E-state index in [2.05, 4.69) is 5.32 Å². The minimum atomic E-state index is -1.10. The average molecular weight is 338 g/mol. The van der Waals surface area contributed by atoms with Gasteiger partial charge in [0.2, 0.25) is 0 Å². The van der Waals surface area contributed by atoms with Crippen LogP contribution in [0.15, 0.2) is 12.1 Å². The molecule has 5 nitrogen and oxygen atoms in total. The maximum absolute atomic E-state index is 14.0. The Labute approximate surface area is 138 Å². The van der Waals surface area contributed by atoms with Crippen molar-refractivity contribution >= 4 is 11.9 Å². The van der Waals surface area contributed by atoms with Crippen molar-refractivity contribution < 1.29 is 23.5 Å². The lowest BCUT2D eigenvalue weighted by Gasteiger charge is -2.39. The minimum Gasteiger partial charge on any atom is -0.480 e. The van der Waals surface area contributed by atoms with Gasteiger partial charge in [0.15, 0.2) is 11.6 Å². The summed E-state index contributed by atoms with van der Waals surface area (Å²) in [4.78, 5) is 25.1. The van der Waals surface area contributed by atoms with E-state index in [1.54, 1.807) is 0 Å². The van der Waals surface area contributed by atoms with Gasteiger partial charge in [-0.1, -0.05) is 6.07 Å². The van der Waals surface area contributed by atoms with Crippen molar-refractivity contribution in [3.63, 3.8) is 0 Å². The van der Waals surface area contributed by atoms with E-state index in [4.69, 9.17) is 5.11 Å². The molecule has 7 heteroatoms. The van der Waals surface area contributed by atoms with Crippen LogP contribution in [-0.2, 0) is 4.79 Å². The first-order chi connectivity index (χ1) is 11.3. The number of carboxylic acid groups (broad SMARTS) is 1. The van der Waals surface area contributed by atoms with Crippen LogP contribution < -0.4 is 5.32 Å². The van der Waals surface area contributed by atoms with Crippen molar-refractivity contribution in [3.8, 4) is 0 Å². The van der Waals surface area contributed by atoms with Crippen molar-refractivity contribution in [1.82, 2.24) is 10.2 Å². The molecule has 2 N–H and O–H groups in total. The van der Waals surface area contributed by atoms with Gasteiger partial charge in [0.05, 0.1) is 5.56 Å². The first kappa shape index (κ1) is 16.8. The number of rotatable bonds is 2. The fraction of sp³-hybridized carbons (Fsp3) is 0.529. The van der Waals surface area contributed by atoms with Crippen LogP contribution in [0.4, 0.5) is 8.78 Å². The summed E-state index contributed by atoms with van der Waals surface area (Å²) < 4.78 is 27.7. The Morgan fingerprint density at radius 1 is 1.25 bits per heavy atom. The van der Waals surface area contributed by atoms with Gasteiger partial charge in [-0.3, -0.25) is 9.59 Å². The molecule has 2 aliphatic heterocycles. The van der Waals surface area contributed by atoms with Crippen LogP contribution in [0.2, 0.25) is 0 Å². The van der Waals surface area contributed by atoms with E-state index >= 15 is 0 Å². The molecule has 2 heterocycles. The standard InChI is InChI=1S/C17H20F2N2O3/c1-10-2-3-11(14(19)13(10)18)15(22)21-6-4-17(5-7-21)8-12(16(23)24)20-9-17/h2-3,12,20H,4-9H2,1H3,(H,23,24)/t12-/m1/s1. The molecule has 1 spiro atoms. The number of halogens is 2. The molecule has 130 valence electrons. The van der Waals surface area contributed by atoms with Crippen molar-refractivity contribution in [2.75, 3.05) is 19.6 Å². The van der Waals surface area contributed by atoms with Crippen LogP contribution in [0.5, 0.6) is 0 Å². The minimum absolute atomic E-state index is 0.128. The van der Waals surface area contributed by atoms with E-state index in [0.29, 0.717) is 38.9 Å². The fourth-order valence-electron chi connectivity index (χ4n) is 3.64. The fourth-order valence-corrected chi connectivity index (χ4v) is 3.64. The van der Waals surface area contributed by atoms with Crippen LogP contribution >= 0.6 is 0 Å². The summed E-state index contributed by atoms with van der Waals surface area (Å²) in [7, 11) is 0. The lowest BCUT2D eigenvalue weighted by molar-refractivity contribution is -0.139. The SMILES string of the molecule is Cc1ccc(C(=O)N2CCC3(CC2)CN[C@@H](C(=O)O)C3)c(F)c1F. The molecule has 0 radical (unpaired) electrons. The highest BCUT2D eigenvalue weighted by atomic mass is 19.2. The van der Waals surface area contributed by atoms with Gasteiger partial charge in [0.25, 0.3) is 5.91 Å². The molecule has 0 unspecified atom stereocenters. The Kier molecular flexibility index (Phi) is 4.29. The van der Waals surface area contributed by atoms with Crippen LogP contribution in [-0.4, -0.2) is 47.6 Å². The van der Waals surface area contributed by atoms with Crippen molar-refractivity contribution in [3.05, 3.63) is 34.9 Å². The number of carboxylic acids is 1. The highest BCUT2D eigenvalue weighted by Crippen LogP contribution is 2.39. The molecule has 24 heavy (non-hydrogen) atoms. The molecule has 3 rings (SSSR count). The molecule has 0 aliphatic carbocycles. The predicted octanol–water partition coefficient (Wildman–Crippen LogP) is 1.94. The number of hydrogen-bond donors (Lipinski definition) is 2. The normalized spacial score (nSPS) is 22.8. The zero-order chi connectivity index (χ0) is 17.5. The van der Waals surface area contributed by atoms with Crippen LogP contribution in [0.3, 0.4) is 0 Å². The lowest BCUT2D eigenvalue weighted by Crippen LogP contribution is -2.44. The summed E-state index contributed by atoms with van der Waals surface area (Å²) in [6.45, 7) is 2.90. The van der Waals surface area contributed by atoms with E-state index < -0.39 is 29.6 Å². The second-order valence-electron chi connectivity index (χ2n) is 6.83. The summed E-state index contributed by atoms with van der Waals surface area (Å²) in [6.07, 6.45) is 1.86. The Balaban J connectivity index is 1.68. The molecule has 1 amide bonds. The smallest absolute Gasteiger partial charge is 0.320 e. The maximum atomic E-state index is 14.0. The summed E-state index contributed by atoms with van der Waals surface area (Å²) >= 11 is 0. The number of carbonyl (C=O) groups excluding carboxylic acids is 1. The molecule has 1 aromatic rings. The van der Waals surface area contributed by atoms with Gasteiger partial charge >= 0.3 is 5.97 Å². The van der Waals surface area contributed by atoms with Crippen molar-refractivity contribution in [2.45, 2.75) is 32.2 Å². The summed E-state index contributed by atoms with van der Waals surface area (Å²) in [5.41, 5.74) is -0.211. The first-order valence-corrected chi connectivity index (χ1v) is 8.03. The molecular weight excluding hydrogens is 318 g/mol. The summed E-state index contributed by atoms with van der Waals surface area (Å²) in [5.74, 6) is -3.46. The number of hydrogen-bond acceptors (Lipinski definition) is 3. The second-order valence-corrected chi connectivity index (χ2v) is 6.83. The lowest BCUT2D eigenvalue weighted by atomic mass is 9.76. The third-order valence-corrected chi connectivity index (χ3v) is 5.28. The maximum Gasteiger partial charge on any atom is 0.320 e. The van der Waals surface area contributed by atoms with Gasteiger partial charge < -0.3 is 15.3 Å². The number of nitrogens with zero attached hydrogens (tertiary/aromatic N) is 1. The zero-order valence-corrected chi connectivity index (χ0v) is 13.4. The zero-order valence-electron chi connectivity index (χ0n) is 13.4. The number of nitrogens with one attached hydrogen (secondary N) is 1. The molecule has 0 bridgehead atoms. The highest BCUT2D eigenvalue weighted by Gasteiger charge is 2.44. The number of piperidine rings is 1. The van der Waals surface area contributed by atoms with Crippen LogP contribution in [0, 0.1) is 24.0 Å². The van der Waals surface area contributed by atoms with Crippen molar-refractivity contribution in [2.24, 2.45) is 5.41 Å². The molecule has 2 aliphatic rings.